The van der Waals surface area contributed by atoms with E-state index in [0.717, 1.165) is 11.1 Å². The number of rotatable bonds is 11. The van der Waals surface area contributed by atoms with Gasteiger partial charge in [0.15, 0.2) is 6.16 Å². The summed E-state index contributed by atoms with van der Waals surface area (Å²) < 4.78 is 47.1. The molecule has 0 amide bonds. The largest absolute Gasteiger partial charge is 0.466 e. The van der Waals surface area contributed by atoms with Crippen molar-refractivity contribution in [2.45, 2.75) is 37.5 Å². The molecule has 8 heteroatoms. The van der Waals surface area contributed by atoms with Crippen LogP contribution in [0.2, 0.25) is 0 Å². The van der Waals surface area contributed by atoms with Crippen molar-refractivity contribution in [3.63, 3.8) is 0 Å². The third kappa shape index (κ3) is 7.69. The highest BCUT2D eigenvalue weighted by Gasteiger charge is 2.28. The van der Waals surface area contributed by atoms with E-state index in [1.54, 1.807) is 19.1 Å². The summed E-state index contributed by atoms with van der Waals surface area (Å²) in [7, 11) is -5.91. The van der Waals surface area contributed by atoms with Gasteiger partial charge in [0, 0.05) is 12.3 Å². The van der Waals surface area contributed by atoms with Crippen LogP contribution in [0, 0.1) is 6.92 Å². The molecule has 0 bridgehead atoms. The van der Waals surface area contributed by atoms with Crippen molar-refractivity contribution >= 4 is 23.9 Å². The molecule has 0 fully saturated rings. The van der Waals surface area contributed by atoms with Crippen molar-refractivity contribution in [1.82, 2.24) is 0 Å². The summed E-state index contributed by atoms with van der Waals surface area (Å²) in [5, 5.41) is 0. The van der Waals surface area contributed by atoms with Crippen LogP contribution in [0.4, 0.5) is 0 Å². The Kier molecular flexibility index (Phi) is 8.96. The minimum absolute atomic E-state index is 0.0356. The number of carbonyl (C=O) groups excluding carboxylic acids is 1. The molecule has 156 valence electrons. The number of aryl methyl sites for hydroxylation is 1. The standard InChI is InChI=1S/C21H26O6PS/c1-3-26-21(22)14-11-19(18-7-5-4-6-8-18)15-28(23)16-27-29(24,25)20-12-9-17(2)10-13-20/h4-10,12-13,19H,3,11,14-16H2,1-2H3/q+1. The lowest BCUT2D eigenvalue weighted by Gasteiger charge is -2.12. The minimum Gasteiger partial charge on any atom is -0.466 e. The zero-order valence-corrected chi connectivity index (χ0v) is 18.3. The molecule has 2 rings (SSSR count). The zero-order chi connectivity index (χ0) is 21.3. The van der Waals surface area contributed by atoms with Crippen molar-refractivity contribution in [2.75, 3.05) is 19.1 Å². The van der Waals surface area contributed by atoms with Crippen molar-refractivity contribution in [3.8, 4) is 0 Å². The summed E-state index contributed by atoms with van der Waals surface area (Å²) in [5.41, 5.74) is 1.88. The smallest absolute Gasteiger partial charge is 0.368 e. The molecule has 2 atom stereocenters. The third-order valence-electron chi connectivity index (χ3n) is 4.36. The van der Waals surface area contributed by atoms with Gasteiger partial charge in [-0.25, -0.2) is 4.18 Å². The van der Waals surface area contributed by atoms with E-state index in [4.69, 9.17) is 8.92 Å². The van der Waals surface area contributed by atoms with Gasteiger partial charge in [-0.15, -0.1) is 0 Å². The molecular formula is C21H26O6PS+. The van der Waals surface area contributed by atoms with Gasteiger partial charge in [0.1, 0.15) is 0 Å². The molecule has 2 aromatic carbocycles. The van der Waals surface area contributed by atoms with E-state index in [0.29, 0.717) is 13.0 Å². The number of benzene rings is 2. The van der Waals surface area contributed by atoms with Gasteiger partial charge in [-0.3, -0.25) is 4.79 Å². The van der Waals surface area contributed by atoms with Crippen molar-refractivity contribution < 1.29 is 26.7 Å². The van der Waals surface area contributed by atoms with Gasteiger partial charge in [-0.1, -0.05) is 52.6 Å². The topological polar surface area (TPSA) is 86.7 Å². The Hall–Kier alpha value is -2.08. The summed E-state index contributed by atoms with van der Waals surface area (Å²) in [6.07, 6.45) is 0.504. The van der Waals surface area contributed by atoms with E-state index >= 15 is 0 Å². The van der Waals surface area contributed by atoms with Gasteiger partial charge >= 0.3 is 23.9 Å². The molecule has 0 spiro atoms. The Balaban J connectivity index is 1.99. The predicted molar refractivity (Wildman–Crippen MR) is 112 cm³/mol. The Morgan fingerprint density at radius 3 is 2.34 bits per heavy atom. The first-order valence-corrected chi connectivity index (χ1v) is 12.4. The fraction of sp³-hybridized carbons (Fsp3) is 0.381. The maximum Gasteiger partial charge on any atom is 0.368 e. The van der Waals surface area contributed by atoms with Crippen molar-refractivity contribution in [3.05, 3.63) is 65.7 Å². The molecule has 0 aromatic heterocycles. The minimum atomic E-state index is -3.96. The van der Waals surface area contributed by atoms with Crippen LogP contribution in [0.15, 0.2) is 59.5 Å². The molecule has 2 aromatic rings. The second-order valence-corrected chi connectivity index (χ2v) is 9.83. The van der Waals surface area contributed by atoms with Gasteiger partial charge < -0.3 is 4.74 Å². The average Bonchev–Trinajstić information content (AvgIpc) is 2.71. The molecule has 6 nitrogen and oxygen atoms in total. The predicted octanol–water partition coefficient (Wildman–Crippen LogP) is 4.61. The van der Waals surface area contributed by atoms with Crippen molar-refractivity contribution in [1.29, 1.82) is 0 Å². The van der Waals surface area contributed by atoms with Gasteiger partial charge in [0.05, 0.1) is 11.5 Å². The monoisotopic (exact) mass is 437 g/mol. The van der Waals surface area contributed by atoms with E-state index in [1.807, 2.05) is 37.3 Å². The van der Waals surface area contributed by atoms with Crippen LogP contribution in [0.5, 0.6) is 0 Å². The van der Waals surface area contributed by atoms with Gasteiger partial charge in [-0.2, -0.15) is 8.42 Å². The van der Waals surface area contributed by atoms with Crippen LogP contribution in [0.3, 0.4) is 0 Å². The van der Waals surface area contributed by atoms with Gasteiger partial charge in [0.2, 0.25) is 0 Å². The molecule has 0 saturated heterocycles. The SMILES string of the molecule is CCOC(=O)CCC(C[P+](=O)COS(=O)(=O)c1ccc(C)cc1)c1ccccc1. The second-order valence-electron chi connectivity index (χ2n) is 6.63. The number of carbonyl (C=O) groups is 1. The summed E-state index contributed by atoms with van der Waals surface area (Å²) in [6, 6.07) is 15.7. The van der Waals surface area contributed by atoms with Crippen LogP contribution >= 0.6 is 7.80 Å². The number of hydrogen-bond donors (Lipinski definition) is 0. The van der Waals surface area contributed by atoms with E-state index in [2.05, 4.69) is 0 Å². The lowest BCUT2D eigenvalue weighted by Crippen LogP contribution is -2.11. The molecule has 0 aliphatic heterocycles. The van der Waals surface area contributed by atoms with Gasteiger partial charge in [0.25, 0.3) is 6.35 Å². The molecular weight excluding hydrogens is 411 g/mol. The highest BCUT2D eigenvalue weighted by atomic mass is 32.2. The number of esters is 1. The van der Waals surface area contributed by atoms with Gasteiger partial charge in [-0.05, 0) is 38.0 Å². The maximum atomic E-state index is 12.6. The highest BCUT2D eigenvalue weighted by Crippen LogP contribution is 2.34. The number of ether oxygens (including phenoxy) is 1. The molecule has 0 aliphatic carbocycles. The quantitative estimate of drug-likeness (QED) is 0.290. The van der Waals surface area contributed by atoms with Crippen LogP contribution in [0.25, 0.3) is 0 Å². The molecule has 0 saturated carbocycles. The maximum absolute atomic E-state index is 12.6. The first kappa shape index (κ1) is 23.2. The first-order valence-electron chi connectivity index (χ1n) is 9.40. The van der Waals surface area contributed by atoms with E-state index in [1.165, 1.54) is 12.1 Å². The summed E-state index contributed by atoms with van der Waals surface area (Å²) in [6.45, 7) is 3.91. The fourth-order valence-corrected chi connectivity index (χ4v) is 5.43. The fourth-order valence-electron chi connectivity index (χ4n) is 2.81. The Morgan fingerprint density at radius 2 is 1.72 bits per heavy atom. The normalized spacial score (nSPS) is 13.0. The molecule has 0 radical (unpaired) electrons. The average molecular weight is 437 g/mol. The van der Waals surface area contributed by atoms with E-state index in [-0.39, 0.29) is 29.4 Å². The van der Waals surface area contributed by atoms with Crippen LogP contribution in [-0.4, -0.2) is 33.5 Å². The van der Waals surface area contributed by atoms with Crippen LogP contribution < -0.4 is 0 Å². The zero-order valence-electron chi connectivity index (χ0n) is 16.6. The Morgan fingerprint density at radius 1 is 1.07 bits per heavy atom. The third-order valence-corrected chi connectivity index (χ3v) is 7.08. The summed E-state index contributed by atoms with van der Waals surface area (Å²) in [5.74, 6) is -0.461. The lowest BCUT2D eigenvalue weighted by molar-refractivity contribution is -0.143. The summed E-state index contributed by atoms with van der Waals surface area (Å²) in [4.78, 5) is 11.7. The van der Waals surface area contributed by atoms with E-state index < -0.39 is 24.3 Å². The molecule has 29 heavy (non-hydrogen) atoms. The molecule has 0 heterocycles. The molecule has 0 N–H and O–H groups in total. The Labute approximate surface area is 173 Å². The van der Waals surface area contributed by atoms with E-state index in [9.17, 15) is 17.8 Å². The van der Waals surface area contributed by atoms with Crippen LogP contribution in [-0.2, 0) is 28.4 Å². The number of hydrogen-bond acceptors (Lipinski definition) is 6. The molecule has 2 unspecified atom stereocenters. The molecule has 0 aliphatic rings. The van der Waals surface area contributed by atoms with Crippen molar-refractivity contribution in [2.24, 2.45) is 0 Å². The first-order chi connectivity index (χ1) is 13.8. The van der Waals surface area contributed by atoms with Crippen LogP contribution in [0.1, 0.15) is 36.8 Å². The lowest BCUT2D eigenvalue weighted by atomic mass is 9.96. The highest BCUT2D eigenvalue weighted by molar-refractivity contribution is 7.87. The summed E-state index contributed by atoms with van der Waals surface area (Å²) >= 11 is 0. The Bertz CT molecular complexity index is 910. The second kappa shape index (κ2) is 11.2.